The molecule has 0 aromatic heterocycles. The number of fused-ring (bicyclic) bond motifs is 1. The number of phenols is 4. The molecule has 0 aliphatic heterocycles. The van der Waals surface area contributed by atoms with E-state index in [-0.39, 0.29) is 23.0 Å². The molecule has 0 fully saturated rings. The van der Waals surface area contributed by atoms with Gasteiger partial charge in [0.1, 0.15) is 11.5 Å². The molecular formula is C26H24O4. The number of aryl methyl sites for hydroxylation is 4. The van der Waals surface area contributed by atoms with Crippen molar-refractivity contribution in [3.05, 3.63) is 95.1 Å². The zero-order chi connectivity index (χ0) is 21.1. The van der Waals surface area contributed by atoms with Crippen LogP contribution in [0.5, 0.6) is 23.0 Å². The normalized spacial score (nSPS) is 11.1. The summed E-state index contributed by atoms with van der Waals surface area (Å²) in [5, 5.41) is 41.8. The highest BCUT2D eigenvalue weighted by Crippen LogP contribution is 2.31. The zero-order valence-electron chi connectivity index (χ0n) is 16.5. The minimum Gasteiger partial charge on any atom is -0.508 e. The van der Waals surface area contributed by atoms with E-state index >= 15 is 0 Å². The van der Waals surface area contributed by atoms with E-state index in [4.69, 9.17) is 0 Å². The van der Waals surface area contributed by atoms with Crippen molar-refractivity contribution < 1.29 is 20.4 Å². The highest BCUT2D eigenvalue weighted by Gasteiger charge is 2.10. The van der Waals surface area contributed by atoms with Gasteiger partial charge in [0, 0.05) is 6.07 Å². The molecule has 4 N–H and O–H groups in total. The van der Waals surface area contributed by atoms with E-state index in [1.54, 1.807) is 24.3 Å². The molecule has 0 atom stereocenters. The van der Waals surface area contributed by atoms with E-state index < -0.39 is 0 Å². The van der Waals surface area contributed by atoms with Crippen LogP contribution in [-0.2, 0) is 25.7 Å². The number of hydrogen-bond acceptors (Lipinski definition) is 4. The molecule has 4 heteroatoms. The Bertz CT molecular complexity index is 1180. The molecule has 152 valence electrons. The van der Waals surface area contributed by atoms with Crippen molar-refractivity contribution in [3.63, 3.8) is 0 Å². The van der Waals surface area contributed by atoms with Crippen LogP contribution in [-0.4, -0.2) is 20.4 Å². The van der Waals surface area contributed by atoms with Crippen molar-refractivity contribution in [1.82, 2.24) is 0 Å². The van der Waals surface area contributed by atoms with Crippen LogP contribution in [0.3, 0.4) is 0 Å². The highest BCUT2D eigenvalue weighted by atomic mass is 16.3. The van der Waals surface area contributed by atoms with E-state index in [1.807, 2.05) is 12.1 Å². The van der Waals surface area contributed by atoms with Crippen LogP contribution in [0.1, 0.15) is 22.3 Å². The molecular weight excluding hydrogens is 376 g/mol. The monoisotopic (exact) mass is 400 g/mol. The van der Waals surface area contributed by atoms with E-state index in [0.717, 1.165) is 29.5 Å². The van der Waals surface area contributed by atoms with Gasteiger partial charge in [-0.25, -0.2) is 0 Å². The Labute approximate surface area is 175 Å². The van der Waals surface area contributed by atoms with Crippen LogP contribution >= 0.6 is 0 Å². The molecule has 0 amide bonds. The minimum absolute atomic E-state index is 0.0232. The number of aromatic hydroxyl groups is 4. The molecule has 4 rings (SSSR count). The van der Waals surface area contributed by atoms with Gasteiger partial charge >= 0.3 is 0 Å². The van der Waals surface area contributed by atoms with Gasteiger partial charge in [-0.1, -0.05) is 42.5 Å². The maximum atomic E-state index is 10.0. The Kier molecular flexibility index (Phi) is 5.48. The van der Waals surface area contributed by atoms with Gasteiger partial charge in [0.2, 0.25) is 0 Å². The molecule has 4 aromatic carbocycles. The standard InChI is InChI=1S/C26H24O4/c27-23-12-18(13-24(28)16-23)7-10-22-15-26(30)25(29)14-21(22)9-6-17-5-8-19-3-1-2-4-20(19)11-17/h1-5,8,11-16,27-30H,6-7,9-10H2. The second-order valence-electron chi connectivity index (χ2n) is 7.65. The van der Waals surface area contributed by atoms with Crippen LogP contribution in [0.25, 0.3) is 10.8 Å². The predicted octanol–water partition coefficient (Wildman–Crippen LogP) is 5.23. The number of hydrogen-bond donors (Lipinski definition) is 4. The van der Waals surface area contributed by atoms with Crippen molar-refractivity contribution in [3.8, 4) is 23.0 Å². The summed E-state index contributed by atoms with van der Waals surface area (Å²) in [6.07, 6.45) is 2.75. The van der Waals surface area contributed by atoms with Crippen LogP contribution in [0.15, 0.2) is 72.8 Å². The highest BCUT2D eigenvalue weighted by molar-refractivity contribution is 5.83. The molecule has 0 unspecified atom stereocenters. The number of rotatable bonds is 6. The van der Waals surface area contributed by atoms with E-state index in [9.17, 15) is 20.4 Å². The van der Waals surface area contributed by atoms with Gasteiger partial charge in [-0.2, -0.15) is 0 Å². The average Bonchev–Trinajstić information content (AvgIpc) is 2.72. The summed E-state index contributed by atoms with van der Waals surface area (Å²) in [4.78, 5) is 0. The van der Waals surface area contributed by atoms with Crippen molar-refractivity contribution in [1.29, 1.82) is 0 Å². The Balaban J connectivity index is 1.53. The lowest BCUT2D eigenvalue weighted by molar-refractivity contribution is 0.402. The molecule has 0 bridgehead atoms. The fourth-order valence-corrected chi connectivity index (χ4v) is 3.88. The van der Waals surface area contributed by atoms with Crippen molar-refractivity contribution in [2.24, 2.45) is 0 Å². The summed E-state index contributed by atoms with van der Waals surface area (Å²) >= 11 is 0. The van der Waals surface area contributed by atoms with Crippen LogP contribution in [0.2, 0.25) is 0 Å². The van der Waals surface area contributed by atoms with Crippen LogP contribution < -0.4 is 0 Å². The Morgan fingerprint density at radius 3 is 1.67 bits per heavy atom. The van der Waals surface area contributed by atoms with E-state index in [0.29, 0.717) is 12.8 Å². The second-order valence-corrected chi connectivity index (χ2v) is 7.65. The Hall–Kier alpha value is -3.66. The van der Waals surface area contributed by atoms with E-state index in [1.165, 1.54) is 22.4 Å². The molecule has 0 aliphatic rings. The topological polar surface area (TPSA) is 80.9 Å². The third-order valence-electron chi connectivity index (χ3n) is 5.44. The fourth-order valence-electron chi connectivity index (χ4n) is 3.88. The van der Waals surface area contributed by atoms with Gasteiger partial charge in [-0.05, 0) is 83.0 Å². The molecule has 4 aromatic rings. The van der Waals surface area contributed by atoms with Crippen LogP contribution in [0, 0.1) is 0 Å². The summed E-state index contributed by atoms with van der Waals surface area (Å²) < 4.78 is 0. The molecule has 30 heavy (non-hydrogen) atoms. The lowest BCUT2D eigenvalue weighted by atomic mass is 9.94. The summed E-state index contributed by atoms with van der Waals surface area (Å²) in [5.74, 6) is -0.217. The number of benzene rings is 4. The quantitative estimate of drug-likeness (QED) is 0.334. The summed E-state index contributed by atoms with van der Waals surface area (Å²) in [7, 11) is 0. The molecule has 0 spiro atoms. The van der Waals surface area contributed by atoms with E-state index in [2.05, 4.69) is 30.3 Å². The van der Waals surface area contributed by atoms with Crippen molar-refractivity contribution >= 4 is 10.8 Å². The molecule has 0 saturated carbocycles. The zero-order valence-corrected chi connectivity index (χ0v) is 16.5. The Morgan fingerprint density at radius 1 is 0.467 bits per heavy atom. The molecule has 0 radical (unpaired) electrons. The van der Waals surface area contributed by atoms with Crippen LogP contribution in [0.4, 0.5) is 0 Å². The van der Waals surface area contributed by atoms with Gasteiger partial charge in [-0.15, -0.1) is 0 Å². The first-order valence-electron chi connectivity index (χ1n) is 10.0. The van der Waals surface area contributed by atoms with Crippen molar-refractivity contribution in [2.45, 2.75) is 25.7 Å². The average molecular weight is 400 g/mol. The molecule has 0 heterocycles. The Morgan fingerprint density at radius 2 is 1.03 bits per heavy atom. The summed E-state index contributed by atoms with van der Waals surface area (Å²) in [6, 6.07) is 22.4. The predicted molar refractivity (Wildman–Crippen MR) is 118 cm³/mol. The maximum Gasteiger partial charge on any atom is 0.157 e. The lowest BCUT2D eigenvalue weighted by Gasteiger charge is -2.13. The summed E-state index contributed by atoms with van der Waals surface area (Å²) in [6.45, 7) is 0. The van der Waals surface area contributed by atoms with Gasteiger partial charge in [0.05, 0.1) is 0 Å². The molecule has 0 aliphatic carbocycles. The third kappa shape index (κ3) is 4.49. The summed E-state index contributed by atoms with van der Waals surface area (Å²) in [5.41, 5.74) is 3.93. The number of phenolic OH excluding ortho intramolecular Hbond substituents is 4. The van der Waals surface area contributed by atoms with Gasteiger partial charge in [0.25, 0.3) is 0 Å². The molecule has 0 saturated heterocycles. The molecule has 4 nitrogen and oxygen atoms in total. The second kappa shape index (κ2) is 8.37. The SMILES string of the molecule is Oc1cc(O)cc(CCc2cc(O)c(O)cc2CCc2ccc3ccccc3c2)c1. The smallest absolute Gasteiger partial charge is 0.157 e. The minimum atomic E-state index is -0.141. The van der Waals surface area contributed by atoms with Crippen molar-refractivity contribution in [2.75, 3.05) is 0 Å². The van der Waals surface area contributed by atoms with Gasteiger partial charge < -0.3 is 20.4 Å². The first-order valence-corrected chi connectivity index (χ1v) is 10.0. The lowest BCUT2D eigenvalue weighted by Crippen LogP contribution is -2.00. The largest absolute Gasteiger partial charge is 0.508 e. The first kappa shape index (κ1) is 19.6. The fraction of sp³-hybridized carbons (Fsp3) is 0.154. The third-order valence-corrected chi connectivity index (χ3v) is 5.44. The van der Waals surface area contributed by atoms with Gasteiger partial charge in [-0.3, -0.25) is 0 Å². The first-order chi connectivity index (χ1) is 14.5. The maximum absolute atomic E-state index is 10.0. The van der Waals surface area contributed by atoms with Gasteiger partial charge in [0.15, 0.2) is 11.5 Å².